The Morgan fingerprint density at radius 2 is 2.11 bits per heavy atom. The van der Waals surface area contributed by atoms with Gasteiger partial charge in [-0.3, -0.25) is 0 Å². The fourth-order valence-electron chi connectivity index (χ4n) is 1.55. The number of sulfonamides is 1. The third-order valence-corrected chi connectivity index (χ3v) is 4.99. The van der Waals surface area contributed by atoms with Gasteiger partial charge in [0.2, 0.25) is 10.0 Å². The minimum Gasteiger partial charge on any atom is -0.207 e. The molecule has 0 fully saturated rings. The molecule has 0 saturated heterocycles. The van der Waals surface area contributed by atoms with Gasteiger partial charge in [-0.25, -0.2) is 8.42 Å². The van der Waals surface area contributed by atoms with Crippen molar-refractivity contribution >= 4 is 21.6 Å². The van der Waals surface area contributed by atoms with Crippen LogP contribution < -0.4 is 0 Å². The average Bonchev–Trinajstić information content (AvgIpc) is 2.33. The van der Waals surface area contributed by atoms with E-state index in [1.165, 1.54) is 10.4 Å². The molecular weight excluding hydrogens is 272 g/mol. The monoisotopic (exact) mass is 286 g/mol. The minimum absolute atomic E-state index is 0.180. The van der Waals surface area contributed by atoms with E-state index in [1.54, 1.807) is 26.0 Å². The first kappa shape index (κ1) is 15.0. The van der Waals surface area contributed by atoms with Crippen molar-refractivity contribution < 1.29 is 8.42 Å². The van der Waals surface area contributed by atoms with Crippen LogP contribution in [0.4, 0.5) is 0 Å². The minimum atomic E-state index is -3.54. The summed E-state index contributed by atoms with van der Waals surface area (Å²) >= 11 is 5.88. The summed E-state index contributed by atoms with van der Waals surface area (Å²) in [5, 5.41) is 9.07. The number of hydrogen-bond acceptors (Lipinski definition) is 3. The third-order valence-electron chi connectivity index (χ3n) is 2.59. The number of nitriles is 1. The molecular formula is C12H15ClN2O2S. The molecule has 4 nitrogen and oxygen atoms in total. The molecule has 0 spiro atoms. The molecule has 0 amide bonds. The SMILES string of the molecule is CCN(CCC#N)S(=O)(=O)c1ccc(Cl)c(C)c1. The van der Waals surface area contributed by atoms with Gasteiger partial charge in [-0.05, 0) is 30.7 Å². The Morgan fingerprint density at radius 3 is 2.61 bits per heavy atom. The lowest BCUT2D eigenvalue weighted by Crippen LogP contribution is -2.31. The molecule has 0 radical (unpaired) electrons. The number of aryl methyl sites for hydroxylation is 1. The Hall–Kier alpha value is -1.09. The van der Waals surface area contributed by atoms with Crippen molar-refractivity contribution in [1.29, 1.82) is 5.26 Å². The molecule has 1 aromatic carbocycles. The van der Waals surface area contributed by atoms with Crippen LogP contribution in [-0.2, 0) is 10.0 Å². The Labute approximate surface area is 113 Å². The van der Waals surface area contributed by atoms with E-state index in [4.69, 9.17) is 16.9 Å². The molecule has 0 heterocycles. The summed E-state index contributed by atoms with van der Waals surface area (Å²) in [6.45, 7) is 4.05. The fourth-order valence-corrected chi connectivity index (χ4v) is 3.20. The summed E-state index contributed by atoms with van der Waals surface area (Å²) in [4.78, 5) is 0.212. The van der Waals surface area contributed by atoms with Crippen molar-refractivity contribution in [1.82, 2.24) is 4.31 Å². The zero-order valence-corrected chi connectivity index (χ0v) is 11.9. The smallest absolute Gasteiger partial charge is 0.207 e. The van der Waals surface area contributed by atoms with Crippen LogP contribution in [-0.4, -0.2) is 25.8 Å². The van der Waals surface area contributed by atoms with E-state index in [0.717, 1.165) is 0 Å². The van der Waals surface area contributed by atoms with E-state index >= 15 is 0 Å². The quantitative estimate of drug-likeness (QED) is 0.836. The lowest BCUT2D eigenvalue weighted by molar-refractivity contribution is 0.435. The average molecular weight is 287 g/mol. The summed E-state index contributed by atoms with van der Waals surface area (Å²) in [5.74, 6) is 0. The summed E-state index contributed by atoms with van der Waals surface area (Å²) in [6.07, 6.45) is 0.180. The molecule has 0 bridgehead atoms. The molecule has 0 aromatic heterocycles. The normalized spacial score (nSPS) is 11.5. The molecule has 0 aliphatic heterocycles. The number of benzene rings is 1. The van der Waals surface area contributed by atoms with E-state index in [1.807, 2.05) is 6.07 Å². The van der Waals surface area contributed by atoms with Crippen molar-refractivity contribution in [2.45, 2.75) is 25.2 Å². The second kappa shape index (κ2) is 6.19. The van der Waals surface area contributed by atoms with Crippen LogP contribution >= 0.6 is 11.6 Å². The first-order chi connectivity index (χ1) is 8.43. The van der Waals surface area contributed by atoms with E-state index in [0.29, 0.717) is 17.1 Å². The van der Waals surface area contributed by atoms with Crippen molar-refractivity contribution in [3.8, 4) is 6.07 Å². The van der Waals surface area contributed by atoms with Gasteiger partial charge < -0.3 is 0 Å². The molecule has 1 aromatic rings. The van der Waals surface area contributed by atoms with Crippen LogP contribution in [0.5, 0.6) is 0 Å². The Morgan fingerprint density at radius 1 is 1.44 bits per heavy atom. The van der Waals surface area contributed by atoms with Crippen LogP contribution in [0.15, 0.2) is 23.1 Å². The summed E-state index contributed by atoms with van der Waals surface area (Å²) in [5.41, 5.74) is 0.717. The zero-order chi connectivity index (χ0) is 13.8. The molecule has 0 aliphatic rings. The second-order valence-corrected chi connectivity index (χ2v) is 6.16. The van der Waals surface area contributed by atoms with Gasteiger partial charge in [0.25, 0.3) is 0 Å². The van der Waals surface area contributed by atoms with Gasteiger partial charge in [0.05, 0.1) is 11.0 Å². The molecule has 98 valence electrons. The van der Waals surface area contributed by atoms with Gasteiger partial charge in [-0.15, -0.1) is 0 Å². The highest BCUT2D eigenvalue weighted by atomic mass is 35.5. The van der Waals surface area contributed by atoms with Crippen LogP contribution in [0.25, 0.3) is 0 Å². The van der Waals surface area contributed by atoms with Gasteiger partial charge in [0, 0.05) is 24.5 Å². The third kappa shape index (κ3) is 3.22. The number of rotatable bonds is 5. The van der Waals surface area contributed by atoms with Crippen molar-refractivity contribution in [3.05, 3.63) is 28.8 Å². The highest BCUT2D eigenvalue weighted by Crippen LogP contribution is 2.22. The molecule has 0 N–H and O–H groups in total. The first-order valence-electron chi connectivity index (χ1n) is 5.56. The van der Waals surface area contributed by atoms with E-state index < -0.39 is 10.0 Å². The zero-order valence-electron chi connectivity index (χ0n) is 10.4. The van der Waals surface area contributed by atoms with Crippen LogP contribution in [0.1, 0.15) is 18.9 Å². The molecule has 0 atom stereocenters. The van der Waals surface area contributed by atoms with Crippen molar-refractivity contribution in [2.75, 3.05) is 13.1 Å². The second-order valence-electron chi connectivity index (χ2n) is 3.82. The number of nitrogens with zero attached hydrogens (tertiary/aromatic N) is 2. The van der Waals surface area contributed by atoms with Crippen molar-refractivity contribution in [3.63, 3.8) is 0 Å². The van der Waals surface area contributed by atoms with E-state index in [2.05, 4.69) is 0 Å². The topological polar surface area (TPSA) is 61.2 Å². The van der Waals surface area contributed by atoms with Gasteiger partial charge in [-0.2, -0.15) is 9.57 Å². The van der Waals surface area contributed by atoms with Gasteiger partial charge in [0.1, 0.15) is 0 Å². The Kier molecular flexibility index (Phi) is 5.15. The van der Waals surface area contributed by atoms with Crippen LogP contribution in [0.2, 0.25) is 5.02 Å². The Balaban J connectivity index is 3.11. The fraction of sp³-hybridized carbons (Fsp3) is 0.417. The largest absolute Gasteiger partial charge is 0.243 e. The molecule has 1 rings (SSSR count). The lowest BCUT2D eigenvalue weighted by Gasteiger charge is -2.19. The highest BCUT2D eigenvalue weighted by Gasteiger charge is 2.22. The summed E-state index contributed by atoms with van der Waals surface area (Å²) in [6, 6.07) is 6.55. The van der Waals surface area contributed by atoms with E-state index in [-0.39, 0.29) is 17.9 Å². The highest BCUT2D eigenvalue weighted by molar-refractivity contribution is 7.89. The standard InChI is InChI=1S/C12H15ClN2O2S/c1-3-15(8-4-7-14)18(16,17)11-5-6-12(13)10(2)9-11/h5-6,9H,3-4,8H2,1-2H3. The summed E-state index contributed by atoms with van der Waals surface area (Å²) < 4.78 is 25.9. The van der Waals surface area contributed by atoms with Gasteiger partial charge in [0.15, 0.2) is 0 Å². The van der Waals surface area contributed by atoms with Gasteiger partial charge in [-0.1, -0.05) is 18.5 Å². The predicted molar refractivity (Wildman–Crippen MR) is 70.9 cm³/mol. The van der Waals surface area contributed by atoms with Crippen LogP contribution in [0.3, 0.4) is 0 Å². The van der Waals surface area contributed by atoms with Gasteiger partial charge >= 0.3 is 0 Å². The maximum atomic E-state index is 12.3. The summed E-state index contributed by atoms with van der Waals surface area (Å²) in [7, 11) is -3.54. The first-order valence-corrected chi connectivity index (χ1v) is 7.38. The molecule has 0 aliphatic carbocycles. The predicted octanol–water partition coefficient (Wildman–Crippen LogP) is 2.57. The maximum absolute atomic E-state index is 12.3. The van der Waals surface area contributed by atoms with Crippen molar-refractivity contribution in [2.24, 2.45) is 0 Å². The Bertz CT molecular complexity index is 564. The van der Waals surface area contributed by atoms with Crippen LogP contribution in [0, 0.1) is 18.3 Å². The molecule has 6 heteroatoms. The number of hydrogen-bond donors (Lipinski definition) is 0. The maximum Gasteiger partial charge on any atom is 0.243 e. The lowest BCUT2D eigenvalue weighted by atomic mass is 10.2. The molecule has 18 heavy (non-hydrogen) atoms. The number of halogens is 1. The van der Waals surface area contributed by atoms with E-state index in [9.17, 15) is 8.42 Å². The molecule has 0 unspecified atom stereocenters. The molecule has 0 saturated carbocycles.